The number of carbonyl (C=O) groups excluding carboxylic acids is 2. The van der Waals surface area contributed by atoms with E-state index < -0.39 is 6.04 Å². The standard InChI is InChI=1S/C26H25Cl2N3O2/c1-17(2)31-24-11-7-6-10-23(24)30(20-8-4-3-5-9-20)16-22(26(31)33)29-25(32)14-18-12-13-19(27)15-21(18)28/h3-13,15,17,22H,14,16H2,1-2H3,(H,29,32). The summed E-state index contributed by atoms with van der Waals surface area (Å²) in [4.78, 5) is 30.5. The molecular weight excluding hydrogens is 457 g/mol. The molecular formula is C26H25Cl2N3O2. The molecule has 0 aromatic heterocycles. The van der Waals surface area contributed by atoms with Gasteiger partial charge in [0.25, 0.3) is 5.91 Å². The first-order chi connectivity index (χ1) is 15.8. The first-order valence-corrected chi connectivity index (χ1v) is 11.6. The molecule has 0 saturated heterocycles. The fraction of sp³-hybridized carbons (Fsp3) is 0.231. The third kappa shape index (κ3) is 5.00. The summed E-state index contributed by atoms with van der Waals surface area (Å²) < 4.78 is 0. The molecule has 1 atom stereocenters. The van der Waals surface area contributed by atoms with Crippen molar-refractivity contribution in [3.8, 4) is 0 Å². The smallest absolute Gasteiger partial charge is 0.251 e. The van der Waals surface area contributed by atoms with Crippen LogP contribution in [-0.4, -0.2) is 30.4 Å². The van der Waals surface area contributed by atoms with Gasteiger partial charge in [0.1, 0.15) is 6.04 Å². The Hall–Kier alpha value is -3.02. The van der Waals surface area contributed by atoms with Gasteiger partial charge in [-0.25, -0.2) is 0 Å². The summed E-state index contributed by atoms with van der Waals surface area (Å²) in [6.45, 7) is 4.25. The molecule has 3 aromatic rings. The quantitative estimate of drug-likeness (QED) is 0.514. The molecule has 1 aliphatic heterocycles. The Labute approximate surface area is 203 Å². The highest BCUT2D eigenvalue weighted by Crippen LogP contribution is 2.38. The Bertz CT molecular complexity index is 1170. The first-order valence-electron chi connectivity index (χ1n) is 10.8. The molecule has 5 nitrogen and oxygen atoms in total. The van der Waals surface area contributed by atoms with Gasteiger partial charge >= 0.3 is 0 Å². The van der Waals surface area contributed by atoms with E-state index in [1.54, 1.807) is 23.1 Å². The Balaban J connectivity index is 1.68. The minimum atomic E-state index is -0.737. The molecule has 2 amide bonds. The molecule has 33 heavy (non-hydrogen) atoms. The van der Waals surface area contributed by atoms with Crippen molar-refractivity contribution in [3.63, 3.8) is 0 Å². The maximum atomic E-state index is 13.7. The summed E-state index contributed by atoms with van der Waals surface area (Å²) in [6, 6.07) is 21.9. The predicted octanol–water partition coefficient (Wildman–Crippen LogP) is 5.61. The lowest BCUT2D eigenvalue weighted by molar-refractivity contribution is -0.127. The molecule has 1 unspecified atom stereocenters. The van der Waals surface area contributed by atoms with Crippen molar-refractivity contribution < 1.29 is 9.59 Å². The van der Waals surface area contributed by atoms with Crippen LogP contribution in [0.15, 0.2) is 72.8 Å². The molecule has 3 aromatic carbocycles. The van der Waals surface area contributed by atoms with Crippen LogP contribution in [0.2, 0.25) is 10.0 Å². The number of hydrogen-bond acceptors (Lipinski definition) is 3. The minimum Gasteiger partial charge on any atom is -0.342 e. The van der Waals surface area contributed by atoms with E-state index in [0.29, 0.717) is 22.2 Å². The Morgan fingerprint density at radius 3 is 2.33 bits per heavy atom. The fourth-order valence-corrected chi connectivity index (χ4v) is 4.59. The van der Waals surface area contributed by atoms with Crippen LogP contribution < -0.4 is 15.1 Å². The van der Waals surface area contributed by atoms with Crippen LogP contribution in [0.5, 0.6) is 0 Å². The number of nitrogens with zero attached hydrogens (tertiary/aromatic N) is 2. The predicted molar refractivity (Wildman–Crippen MR) is 135 cm³/mol. The Kier molecular flexibility index (Phi) is 6.91. The molecule has 1 aliphatic rings. The van der Waals surface area contributed by atoms with Gasteiger partial charge in [-0.3, -0.25) is 9.59 Å². The number of benzene rings is 3. The van der Waals surface area contributed by atoms with Gasteiger partial charge in [-0.2, -0.15) is 0 Å². The lowest BCUT2D eigenvalue weighted by Gasteiger charge is -2.29. The molecule has 170 valence electrons. The number of anilines is 3. The highest BCUT2D eigenvalue weighted by molar-refractivity contribution is 6.35. The molecule has 0 aliphatic carbocycles. The molecule has 0 saturated carbocycles. The van der Waals surface area contributed by atoms with Gasteiger partial charge in [0.2, 0.25) is 5.91 Å². The van der Waals surface area contributed by atoms with Gasteiger partial charge in [-0.05, 0) is 55.8 Å². The van der Waals surface area contributed by atoms with E-state index in [-0.39, 0.29) is 24.3 Å². The molecule has 7 heteroatoms. The van der Waals surface area contributed by atoms with Crippen LogP contribution in [0.25, 0.3) is 0 Å². The molecule has 1 N–H and O–H groups in total. The maximum absolute atomic E-state index is 13.7. The second kappa shape index (κ2) is 9.86. The normalized spacial score (nSPS) is 15.9. The third-order valence-electron chi connectivity index (χ3n) is 5.62. The number of fused-ring (bicyclic) bond motifs is 1. The molecule has 4 rings (SSSR count). The molecule has 0 radical (unpaired) electrons. The van der Waals surface area contributed by atoms with Gasteiger partial charge < -0.3 is 15.1 Å². The summed E-state index contributed by atoms with van der Waals surface area (Å²) >= 11 is 12.2. The second-order valence-electron chi connectivity index (χ2n) is 8.27. The van der Waals surface area contributed by atoms with Gasteiger partial charge in [-0.1, -0.05) is 59.6 Å². The third-order valence-corrected chi connectivity index (χ3v) is 6.21. The van der Waals surface area contributed by atoms with Crippen molar-refractivity contribution in [2.75, 3.05) is 16.3 Å². The van der Waals surface area contributed by atoms with Crippen molar-refractivity contribution in [2.45, 2.75) is 32.4 Å². The van der Waals surface area contributed by atoms with Crippen LogP contribution >= 0.6 is 23.2 Å². The van der Waals surface area contributed by atoms with Crippen LogP contribution in [-0.2, 0) is 16.0 Å². The van der Waals surface area contributed by atoms with E-state index in [0.717, 1.165) is 17.1 Å². The molecule has 0 spiro atoms. The average molecular weight is 482 g/mol. The zero-order valence-corrected chi connectivity index (χ0v) is 20.0. The highest BCUT2D eigenvalue weighted by Gasteiger charge is 2.36. The number of nitrogens with one attached hydrogen (secondary N) is 1. The number of carbonyl (C=O) groups is 2. The van der Waals surface area contributed by atoms with E-state index in [4.69, 9.17) is 23.2 Å². The summed E-state index contributed by atoms with van der Waals surface area (Å²) in [5.41, 5.74) is 3.34. The fourth-order valence-electron chi connectivity index (χ4n) is 4.12. The number of para-hydroxylation sites is 3. The van der Waals surface area contributed by atoms with Crippen molar-refractivity contribution >= 4 is 52.1 Å². The largest absolute Gasteiger partial charge is 0.342 e. The van der Waals surface area contributed by atoms with Crippen molar-refractivity contribution in [3.05, 3.63) is 88.4 Å². The number of hydrogen-bond donors (Lipinski definition) is 1. The number of rotatable bonds is 5. The SMILES string of the molecule is CC(C)N1C(=O)C(NC(=O)Cc2ccc(Cl)cc2Cl)CN(c2ccccc2)c2ccccc21. The van der Waals surface area contributed by atoms with Crippen LogP contribution in [0.4, 0.5) is 17.1 Å². The van der Waals surface area contributed by atoms with Crippen LogP contribution in [0, 0.1) is 0 Å². The van der Waals surface area contributed by atoms with E-state index in [1.807, 2.05) is 68.4 Å². The maximum Gasteiger partial charge on any atom is 0.251 e. The van der Waals surface area contributed by atoms with Crippen molar-refractivity contribution in [1.29, 1.82) is 0 Å². The molecule has 1 heterocycles. The Morgan fingerprint density at radius 2 is 1.67 bits per heavy atom. The van der Waals surface area contributed by atoms with Gasteiger partial charge in [0, 0.05) is 21.8 Å². The summed E-state index contributed by atoms with van der Waals surface area (Å²) in [6.07, 6.45) is 0.0553. The number of halogens is 2. The Morgan fingerprint density at radius 1 is 1.00 bits per heavy atom. The monoisotopic (exact) mass is 481 g/mol. The second-order valence-corrected chi connectivity index (χ2v) is 9.11. The summed E-state index contributed by atoms with van der Waals surface area (Å²) in [7, 11) is 0. The first kappa shape index (κ1) is 23.1. The van der Waals surface area contributed by atoms with Gasteiger partial charge in [-0.15, -0.1) is 0 Å². The van der Waals surface area contributed by atoms with E-state index in [2.05, 4.69) is 10.2 Å². The average Bonchev–Trinajstić information content (AvgIpc) is 2.91. The van der Waals surface area contributed by atoms with Gasteiger partial charge in [0.15, 0.2) is 0 Å². The lowest BCUT2D eigenvalue weighted by Crippen LogP contribution is -2.53. The van der Waals surface area contributed by atoms with E-state index >= 15 is 0 Å². The van der Waals surface area contributed by atoms with Crippen molar-refractivity contribution in [1.82, 2.24) is 5.32 Å². The van der Waals surface area contributed by atoms with E-state index in [9.17, 15) is 9.59 Å². The van der Waals surface area contributed by atoms with Crippen LogP contribution in [0.3, 0.4) is 0 Å². The minimum absolute atomic E-state index is 0.0553. The topological polar surface area (TPSA) is 52.7 Å². The summed E-state index contributed by atoms with van der Waals surface area (Å²) in [5, 5.41) is 3.88. The highest BCUT2D eigenvalue weighted by atomic mass is 35.5. The molecule has 0 fully saturated rings. The number of amides is 2. The zero-order valence-electron chi connectivity index (χ0n) is 18.5. The van der Waals surface area contributed by atoms with Gasteiger partial charge in [0.05, 0.1) is 24.3 Å². The van der Waals surface area contributed by atoms with Crippen LogP contribution in [0.1, 0.15) is 19.4 Å². The van der Waals surface area contributed by atoms with E-state index in [1.165, 1.54) is 0 Å². The van der Waals surface area contributed by atoms with Crippen molar-refractivity contribution in [2.24, 2.45) is 0 Å². The lowest BCUT2D eigenvalue weighted by atomic mass is 10.1. The summed E-state index contributed by atoms with van der Waals surface area (Å²) in [5.74, 6) is -0.424. The molecule has 0 bridgehead atoms. The zero-order chi connectivity index (χ0) is 23.5.